The van der Waals surface area contributed by atoms with Crippen molar-refractivity contribution in [2.45, 2.75) is 13.3 Å². The fourth-order valence-corrected chi connectivity index (χ4v) is 2.78. The van der Waals surface area contributed by atoms with Gasteiger partial charge in [-0.15, -0.1) is 0 Å². The molecule has 3 heteroatoms. The Morgan fingerprint density at radius 1 is 1.00 bits per heavy atom. The van der Waals surface area contributed by atoms with Gasteiger partial charge in [-0.2, -0.15) is 0 Å². The Morgan fingerprint density at radius 2 is 1.70 bits per heavy atom. The molecule has 0 bridgehead atoms. The van der Waals surface area contributed by atoms with Gasteiger partial charge in [0.25, 0.3) is 0 Å². The summed E-state index contributed by atoms with van der Waals surface area (Å²) in [6.45, 7) is 2.07. The zero-order valence-corrected chi connectivity index (χ0v) is 12.8. The third kappa shape index (κ3) is 2.68. The first-order valence-corrected chi connectivity index (χ1v) is 7.37. The van der Waals surface area contributed by atoms with Crippen LogP contribution >= 0.6 is 15.9 Å². The van der Waals surface area contributed by atoms with Crippen LogP contribution in [0.15, 0.2) is 59.1 Å². The lowest BCUT2D eigenvalue weighted by Gasteiger charge is -2.01. The van der Waals surface area contributed by atoms with Gasteiger partial charge in [-0.05, 0) is 18.6 Å². The molecule has 2 aromatic carbocycles. The van der Waals surface area contributed by atoms with Crippen molar-refractivity contribution in [2.24, 2.45) is 0 Å². The van der Waals surface area contributed by atoms with Crippen molar-refractivity contribution in [3.8, 4) is 11.3 Å². The number of nitrogens with one attached hydrogen (secondary N) is 1. The van der Waals surface area contributed by atoms with Gasteiger partial charge in [-0.3, -0.25) is 0 Å². The summed E-state index contributed by atoms with van der Waals surface area (Å²) < 4.78 is 1.07. The smallest absolute Gasteiger partial charge is 0.111 e. The molecule has 1 heterocycles. The number of aromatic nitrogens is 2. The lowest BCUT2D eigenvalue weighted by Crippen LogP contribution is -1.90. The van der Waals surface area contributed by atoms with Crippen LogP contribution in [0.4, 0.5) is 0 Å². The highest BCUT2D eigenvalue weighted by molar-refractivity contribution is 9.10. The number of rotatable bonds is 3. The van der Waals surface area contributed by atoms with Crippen molar-refractivity contribution in [3.05, 3.63) is 76.2 Å². The zero-order chi connectivity index (χ0) is 13.9. The SMILES string of the molecule is Cc1[nH]c(Cc2ccccc2)nc1-c1ccccc1Br. The van der Waals surface area contributed by atoms with Crippen LogP contribution in [0, 0.1) is 6.92 Å². The molecule has 0 saturated heterocycles. The van der Waals surface area contributed by atoms with Crippen LogP contribution in [0.5, 0.6) is 0 Å². The summed E-state index contributed by atoms with van der Waals surface area (Å²) in [5.74, 6) is 0.999. The quantitative estimate of drug-likeness (QED) is 0.740. The van der Waals surface area contributed by atoms with Crippen molar-refractivity contribution >= 4 is 15.9 Å². The summed E-state index contributed by atoms with van der Waals surface area (Å²) in [4.78, 5) is 8.14. The number of benzene rings is 2. The molecule has 0 saturated carbocycles. The molecular formula is C17H15BrN2. The summed E-state index contributed by atoms with van der Waals surface area (Å²) in [6, 6.07) is 18.6. The summed E-state index contributed by atoms with van der Waals surface area (Å²) in [5, 5.41) is 0. The lowest BCUT2D eigenvalue weighted by atomic mass is 10.1. The minimum absolute atomic E-state index is 0.826. The lowest BCUT2D eigenvalue weighted by molar-refractivity contribution is 1.02. The molecule has 0 amide bonds. The average molecular weight is 327 g/mol. The molecule has 0 fully saturated rings. The molecule has 0 aliphatic heterocycles. The largest absolute Gasteiger partial charge is 0.345 e. The molecule has 0 radical (unpaired) electrons. The molecule has 100 valence electrons. The highest BCUT2D eigenvalue weighted by Crippen LogP contribution is 2.29. The fraction of sp³-hybridized carbons (Fsp3) is 0.118. The molecular weight excluding hydrogens is 312 g/mol. The molecule has 1 aromatic heterocycles. The number of nitrogens with zero attached hydrogens (tertiary/aromatic N) is 1. The summed E-state index contributed by atoms with van der Waals surface area (Å²) in [6.07, 6.45) is 0.826. The number of hydrogen-bond acceptors (Lipinski definition) is 1. The van der Waals surface area contributed by atoms with Gasteiger partial charge < -0.3 is 4.98 Å². The Balaban J connectivity index is 1.94. The molecule has 2 nitrogen and oxygen atoms in total. The van der Waals surface area contributed by atoms with Gasteiger partial charge in [0.15, 0.2) is 0 Å². The molecule has 3 rings (SSSR count). The minimum Gasteiger partial charge on any atom is -0.345 e. The summed E-state index contributed by atoms with van der Waals surface area (Å²) in [5.41, 5.74) is 4.51. The van der Waals surface area contributed by atoms with Gasteiger partial charge >= 0.3 is 0 Å². The van der Waals surface area contributed by atoms with Crippen molar-refractivity contribution in [1.29, 1.82) is 0 Å². The maximum atomic E-state index is 4.75. The highest BCUT2D eigenvalue weighted by Gasteiger charge is 2.11. The van der Waals surface area contributed by atoms with E-state index in [1.54, 1.807) is 0 Å². The van der Waals surface area contributed by atoms with Gasteiger partial charge in [0.1, 0.15) is 5.82 Å². The van der Waals surface area contributed by atoms with Crippen LogP contribution < -0.4 is 0 Å². The Labute approximate surface area is 127 Å². The van der Waals surface area contributed by atoms with Crippen molar-refractivity contribution in [2.75, 3.05) is 0 Å². The van der Waals surface area contributed by atoms with Gasteiger partial charge in [0, 0.05) is 22.2 Å². The number of hydrogen-bond donors (Lipinski definition) is 1. The van der Waals surface area contributed by atoms with E-state index < -0.39 is 0 Å². The molecule has 0 unspecified atom stereocenters. The molecule has 0 atom stereocenters. The maximum Gasteiger partial charge on any atom is 0.111 e. The Hall–Kier alpha value is -1.87. The average Bonchev–Trinajstić information content (AvgIpc) is 2.81. The third-order valence-electron chi connectivity index (χ3n) is 3.28. The van der Waals surface area contributed by atoms with E-state index in [1.807, 2.05) is 24.3 Å². The predicted octanol–water partition coefficient (Wildman–Crippen LogP) is 4.74. The van der Waals surface area contributed by atoms with Gasteiger partial charge in [-0.1, -0.05) is 64.5 Å². The van der Waals surface area contributed by atoms with E-state index in [4.69, 9.17) is 4.98 Å². The normalized spacial score (nSPS) is 10.7. The van der Waals surface area contributed by atoms with Crippen LogP contribution in [0.2, 0.25) is 0 Å². The van der Waals surface area contributed by atoms with E-state index >= 15 is 0 Å². The van der Waals surface area contributed by atoms with Crippen LogP contribution in [-0.2, 0) is 6.42 Å². The second-order valence-corrected chi connectivity index (χ2v) is 5.65. The maximum absolute atomic E-state index is 4.75. The monoisotopic (exact) mass is 326 g/mol. The standard InChI is InChI=1S/C17H15BrN2/c1-12-17(14-9-5-6-10-15(14)18)20-16(19-12)11-13-7-3-2-4-8-13/h2-10H,11H2,1H3,(H,19,20). The topological polar surface area (TPSA) is 28.7 Å². The number of imidazole rings is 1. The Morgan fingerprint density at radius 3 is 2.45 bits per heavy atom. The van der Waals surface area contributed by atoms with Gasteiger partial charge in [-0.25, -0.2) is 4.98 Å². The third-order valence-corrected chi connectivity index (χ3v) is 3.97. The summed E-state index contributed by atoms with van der Waals surface area (Å²) >= 11 is 3.59. The summed E-state index contributed by atoms with van der Waals surface area (Å²) in [7, 11) is 0. The van der Waals surface area contributed by atoms with Gasteiger partial charge in [0.2, 0.25) is 0 Å². The zero-order valence-electron chi connectivity index (χ0n) is 11.2. The fourth-order valence-electron chi connectivity index (χ4n) is 2.31. The van der Waals surface area contributed by atoms with E-state index in [0.29, 0.717) is 0 Å². The van der Waals surface area contributed by atoms with E-state index in [1.165, 1.54) is 5.56 Å². The molecule has 0 aliphatic carbocycles. The van der Waals surface area contributed by atoms with Crippen molar-refractivity contribution < 1.29 is 0 Å². The first kappa shape index (κ1) is 13.1. The number of halogens is 1. The van der Waals surface area contributed by atoms with Crippen LogP contribution in [0.3, 0.4) is 0 Å². The number of aromatic amines is 1. The van der Waals surface area contributed by atoms with Crippen molar-refractivity contribution in [1.82, 2.24) is 9.97 Å². The van der Waals surface area contributed by atoms with E-state index in [0.717, 1.165) is 33.7 Å². The van der Waals surface area contributed by atoms with E-state index in [9.17, 15) is 0 Å². The number of aryl methyl sites for hydroxylation is 1. The van der Waals surface area contributed by atoms with E-state index in [-0.39, 0.29) is 0 Å². The first-order chi connectivity index (χ1) is 9.74. The highest BCUT2D eigenvalue weighted by atomic mass is 79.9. The number of H-pyrrole nitrogens is 1. The van der Waals surface area contributed by atoms with Crippen LogP contribution in [0.1, 0.15) is 17.1 Å². The first-order valence-electron chi connectivity index (χ1n) is 6.58. The Bertz CT molecular complexity index is 717. The van der Waals surface area contributed by atoms with Gasteiger partial charge in [0.05, 0.1) is 5.69 Å². The van der Waals surface area contributed by atoms with Crippen LogP contribution in [-0.4, -0.2) is 9.97 Å². The second-order valence-electron chi connectivity index (χ2n) is 4.80. The van der Waals surface area contributed by atoms with E-state index in [2.05, 4.69) is 58.2 Å². The second kappa shape index (κ2) is 5.63. The predicted molar refractivity (Wildman–Crippen MR) is 85.7 cm³/mol. The molecule has 0 aliphatic rings. The molecule has 1 N–H and O–H groups in total. The van der Waals surface area contributed by atoms with Crippen LogP contribution in [0.25, 0.3) is 11.3 Å². The molecule has 3 aromatic rings. The minimum atomic E-state index is 0.826. The molecule has 20 heavy (non-hydrogen) atoms. The molecule has 0 spiro atoms. The van der Waals surface area contributed by atoms with Crippen molar-refractivity contribution in [3.63, 3.8) is 0 Å². The Kier molecular flexibility index (Phi) is 3.70.